The van der Waals surface area contributed by atoms with E-state index in [1.165, 1.54) is 5.39 Å². The Morgan fingerprint density at radius 2 is 1.80 bits per heavy atom. The number of hydrogen-bond donors (Lipinski definition) is 3. The van der Waals surface area contributed by atoms with E-state index in [4.69, 9.17) is 15.9 Å². The van der Waals surface area contributed by atoms with Crippen LogP contribution in [0.4, 0.5) is 0 Å². The topological polar surface area (TPSA) is 114 Å². The maximum absolute atomic E-state index is 9.99. The van der Waals surface area contributed by atoms with Crippen LogP contribution >= 0.6 is 0 Å². The van der Waals surface area contributed by atoms with Crippen LogP contribution in [0, 0.1) is 0 Å². The molecular formula is C14H16N2O4. The van der Waals surface area contributed by atoms with Crippen LogP contribution in [-0.2, 0) is 9.59 Å². The van der Waals surface area contributed by atoms with Gasteiger partial charge in [-0.3, -0.25) is 14.6 Å². The van der Waals surface area contributed by atoms with Crippen LogP contribution in [0.3, 0.4) is 0 Å². The molecule has 0 bridgehead atoms. The van der Waals surface area contributed by atoms with E-state index < -0.39 is 18.0 Å². The quantitative estimate of drug-likeness (QED) is 0.779. The van der Waals surface area contributed by atoms with Gasteiger partial charge in [0.05, 0.1) is 5.52 Å². The lowest BCUT2D eigenvalue weighted by Crippen LogP contribution is -2.30. The van der Waals surface area contributed by atoms with Crippen molar-refractivity contribution in [3.8, 4) is 0 Å². The standard InChI is InChI=1S/C9H7N.C5H9NO4/c1-2-6-9-8(4-1)5-3-7-10-9;6-3(5(9)10)1-2-4(7)8/h1-7H;3H,1-2,6H2,(H,7,8)(H,9,10)/t;3-/m.0/s1. The summed E-state index contributed by atoms with van der Waals surface area (Å²) in [5.74, 6) is -2.20. The van der Waals surface area contributed by atoms with Gasteiger partial charge in [-0.2, -0.15) is 0 Å². The van der Waals surface area contributed by atoms with Crippen LogP contribution in [0.2, 0.25) is 0 Å². The van der Waals surface area contributed by atoms with E-state index in [1.54, 1.807) is 0 Å². The van der Waals surface area contributed by atoms with Gasteiger partial charge in [0, 0.05) is 18.0 Å². The third-order valence-electron chi connectivity index (χ3n) is 2.50. The maximum atomic E-state index is 9.99. The molecule has 1 heterocycles. The number of aliphatic carboxylic acids is 2. The molecule has 1 atom stereocenters. The van der Waals surface area contributed by atoms with Crippen LogP contribution in [0.1, 0.15) is 12.8 Å². The Balaban J connectivity index is 0.000000200. The van der Waals surface area contributed by atoms with Crippen LogP contribution in [-0.4, -0.2) is 33.2 Å². The van der Waals surface area contributed by atoms with E-state index in [9.17, 15) is 9.59 Å². The third kappa shape index (κ3) is 5.45. The first-order valence-electron chi connectivity index (χ1n) is 6.00. The predicted octanol–water partition coefficient (Wildman–Crippen LogP) is 1.50. The monoisotopic (exact) mass is 276 g/mol. The van der Waals surface area contributed by atoms with E-state index >= 15 is 0 Å². The molecule has 0 aliphatic heterocycles. The molecule has 0 amide bonds. The fourth-order valence-corrected chi connectivity index (χ4v) is 1.42. The number of nitrogens with two attached hydrogens (primary N) is 1. The molecule has 0 radical (unpaired) electrons. The van der Waals surface area contributed by atoms with Crippen molar-refractivity contribution in [3.63, 3.8) is 0 Å². The molecular weight excluding hydrogens is 260 g/mol. The highest BCUT2D eigenvalue weighted by atomic mass is 16.4. The molecule has 4 N–H and O–H groups in total. The van der Waals surface area contributed by atoms with Crippen LogP contribution in [0.5, 0.6) is 0 Å². The van der Waals surface area contributed by atoms with Gasteiger partial charge in [-0.15, -0.1) is 0 Å². The highest BCUT2D eigenvalue weighted by Gasteiger charge is 2.12. The highest BCUT2D eigenvalue weighted by molar-refractivity contribution is 5.77. The number of rotatable bonds is 4. The fourth-order valence-electron chi connectivity index (χ4n) is 1.42. The molecule has 6 heteroatoms. The molecule has 0 unspecified atom stereocenters. The second kappa shape index (κ2) is 7.85. The summed E-state index contributed by atoms with van der Waals surface area (Å²) in [4.78, 5) is 24.1. The number of hydrogen-bond acceptors (Lipinski definition) is 4. The number of carbonyl (C=O) groups is 2. The second-order valence-electron chi connectivity index (χ2n) is 4.07. The summed E-state index contributed by atoms with van der Waals surface area (Å²) < 4.78 is 0. The first-order chi connectivity index (χ1) is 9.50. The lowest BCUT2D eigenvalue weighted by Gasteiger charge is -2.01. The van der Waals surface area contributed by atoms with Gasteiger partial charge in [0.25, 0.3) is 0 Å². The van der Waals surface area contributed by atoms with Gasteiger partial charge in [-0.1, -0.05) is 24.3 Å². The molecule has 0 fully saturated rings. The van der Waals surface area contributed by atoms with Crippen LogP contribution < -0.4 is 5.73 Å². The number of carboxylic acids is 2. The van der Waals surface area contributed by atoms with Gasteiger partial charge >= 0.3 is 11.9 Å². The number of carboxylic acid groups (broad SMARTS) is 2. The summed E-state index contributed by atoms with van der Waals surface area (Å²) in [6, 6.07) is 11.0. The summed E-state index contributed by atoms with van der Waals surface area (Å²) in [6.07, 6.45) is 1.58. The molecule has 1 aromatic heterocycles. The molecule has 0 spiro atoms. The molecule has 0 aliphatic rings. The van der Waals surface area contributed by atoms with Crippen molar-refractivity contribution >= 4 is 22.8 Å². The molecule has 0 saturated heterocycles. The van der Waals surface area contributed by atoms with Gasteiger partial charge < -0.3 is 15.9 Å². The number of benzene rings is 1. The molecule has 20 heavy (non-hydrogen) atoms. The Morgan fingerprint density at radius 3 is 2.40 bits per heavy atom. The minimum atomic E-state index is -1.17. The number of fused-ring (bicyclic) bond motifs is 1. The maximum Gasteiger partial charge on any atom is 0.320 e. The highest BCUT2D eigenvalue weighted by Crippen LogP contribution is 2.07. The van der Waals surface area contributed by atoms with Gasteiger partial charge in [0.2, 0.25) is 0 Å². The number of aromatic nitrogens is 1. The van der Waals surface area contributed by atoms with Gasteiger partial charge in [-0.05, 0) is 18.6 Å². The zero-order valence-electron chi connectivity index (χ0n) is 10.8. The van der Waals surface area contributed by atoms with E-state index in [2.05, 4.69) is 17.1 Å². The summed E-state index contributed by atoms with van der Waals surface area (Å²) in [7, 11) is 0. The molecule has 6 nitrogen and oxygen atoms in total. The smallest absolute Gasteiger partial charge is 0.320 e. The summed E-state index contributed by atoms with van der Waals surface area (Å²) in [5.41, 5.74) is 6.06. The first-order valence-corrected chi connectivity index (χ1v) is 6.00. The zero-order chi connectivity index (χ0) is 15.0. The normalized spacial score (nSPS) is 11.2. The SMILES string of the molecule is N[C@@H](CCC(=O)O)C(=O)O.c1ccc2ncccc2c1. The number of para-hydroxylation sites is 1. The van der Waals surface area contributed by atoms with Crippen molar-refractivity contribution < 1.29 is 19.8 Å². The van der Waals surface area contributed by atoms with E-state index in [1.807, 2.05) is 30.5 Å². The summed E-state index contributed by atoms with van der Waals surface area (Å²) in [6.45, 7) is 0. The summed E-state index contributed by atoms with van der Waals surface area (Å²) >= 11 is 0. The van der Waals surface area contributed by atoms with Crippen molar-refractivity contribution in [1.29, 1.82) is 0 Å². The zero-order valence-corrected chi connectivity index (χ0v) is 10.8. The molecule has 106 valence electrons. The molecule has 2 aromatic rings. The lowest BCUT2D eigenvalue weighted by molar-refractivity contribution is -0.139. The van der Waals surface area contributed by atoms with E-state index in [0.29, 0.717) is 0 Å². The Morgan fingerprint density at radius 1 is 1.15 bits per heavy atom. The Hall–Kier alpha value is -2.47. The van der Waals surface area contributed by atoms with Crippen LogP contribution in [0.15, 0.2) is 42.6 Å². The minimum absolute atomic E-state index is 0.0231. The van der Waals surface area contributed by atoms with Crippen molar-refractivity contribution in [2.75, 3.05) is 0 Å². The summed E-state index contributed by atoms with van der Waals surface area (Å²) in [5, 5.41) is 17.5. The Bertz CT molecular complexity index is 521. The van der Waals surface area contributed by atoms with E-state index in [0.717, 1.165) is 5.52 Å². The third-order valence-corrected chi connectivity index (χ3v) is 2.50. The molecule has 2 rings (SSSR count). The Labute approximate surface area is 115 Å². The average molecular weight is 276 g/mol. The van der Waals surface area contributed by atoms with E-state index in [-0.39, 0.29) is 12.8 Å². The van der Waals surface area contributed by atoms with Crippen molar-refractivity contribution in [2.45, 2.75) is 18.9 Å². The second-order valence-corrected chi connectivity index (χ2v) is 4.07. The van der Waals surface area contributed by atoms with Crippen molar-refractivity contribution in [3.05, 3.63) is 42.6 Å². The first kappa shape index (κ1) is 15.6. The average Bonchev–Trinajstić information content (AvgIpc) is 2.45. The Kier molecular flexibility index (Phi) is 6.12. The molecule has 0 aliphatic carbocycles. The van der Waals surface area contributed by atoms with Gasteiger partial charge in [0.1, 0.15) is 6.04 Å². The molecule has 0 saturated carbocycles. The fraction of sp³-hybridized carbons (Fsp3) is 0.214. The van der Waals surface area contributed by atoms with Gasteiger partial charge in [0.15, 0.2) is 0 Å². The van der Waals surface area contributed by atoms with Crippen molar-refractivity contribution in [2.24, 2.45) is 5.73 Å². The minimum Gasteiger partial charge on any atom is -0.481 e. The number of pyridine rings is 1. The molecule has 1 aromatic carbocycles. The lowest BCUT2D eigenvalue weighted by atomic mass is 10.2. The largest absolute Gasteiger partial charge is 0.481 e. The van der Waals surface area contributed by atoms with Gasteiger partial charge in [-0.25, -0.2) is 0 Å². The van der Waals surface area contributed by atoms with Crippen molar-refractivity contribution in [1.82, 2.24) is 4.98 Å². The predicted molar refractivity (Wildman–Crippen MR) is 74.2 cm³/mol. The van der Waals surface area contributed by atoms with Crippen LogP contribution in [0.25, 0.3) is 10.9 Å². The number of nitrogens with zero attached hydrogens (tertiary/aromatic N) is 1.